The van der Waals surface area contributed by atoms with Crippen LogP contribution in [0.25, 0.3) is 0 Å². The van der Waals surface area contributed by atoms with E-state index < -0.39 is 20.7 Å². The third-order valence-electron chi connectivity index (χ3n) is 1.62. The first kappa shape index (κ1) is 14.4. The molecule has 1 unspecified atom stereocenters. The third kappa shape index (κ3) is 3.48. The molecule has 1 N–H and O–H groups in total. The molecule has 0 aromatic carbocycles. The Morgan fingerprint density at radius 3 is 2.00 bits per heavy atom. The van der Waals surface area contributed by atoms with Gasteiger partial charge in [0.2, 0.25) is 0 Å². The Morgan fingerprint density at radius 2 is 1.69 bits per heavy atom. The fourth-order valence-corrected chi connectivity index (χ4v) is 1.89. The fourth-order valence-electron chi connectivity index (χ4n) is 0.769. The van der Waals surface area contributed by atoms with Crippen molar-refractivity contribution < 1.29 is 5.11 Å². The van der Waals surface area contributed by atoms with Crippen molar-refractivity contribution in [2.75, 3.05) is 6.61 Å². The van der Waals surface area contributed by atoms with Gasteiger partial charge in [-0.1, -0.05) is 59.7 Å². The van der Waals surface area contributed by atoms with Crippen LogP contribution in [-0.4, -0.2) is 25.8 Å². The fraction of sp³-hybridized carbons (Fsp3) is 1.00. The average molecular weight is 288 g/mol. The molecule has 0 spiro atoms. The lowest BCUT2D eigenvalue weighted by Gasteiger charge is -2.34. The molecule has 0 aliphatic carbocycles. The van der Waals surface area contributed by atoms with E-state index in [0.717, 1.165) is 6.42 Å². The number of aliphatic hydroxyl groups is 1. The Hall–Kier alpha value is 1.41. The smallest absolute Gasteiger partial charge is 0.175 e. The van der Waals surface area contributed by atoms with E-state index in [1.54, 1.807) is 0 Å². The first-order valence-electron chi connectivity index (χ1n) is 3.80. The minimum atomic E-state index is -1.64. The molecule has 0 bridgehead atoms. The zero-order valence-corrected chi connectivity index (χ0v) is 10.8. The summed E-state index contributed by atoms with van der Waals surface area (Å²) < 4.78 is -3.19. The molecule has 1 nitrogen and oxygen atoms in total. The van der Waals surface area contributed by atoms with Crippen LogP contribution in [0.2, 0.25) is 0 Å². The van der Waals surface area contributed by atoms with E-state index in [2.05, 4.69) is 0 Å². The normalized spacial score (nSPS) is 15.9. The molecule has 0 saturated carbocycles. The molecule has 0 aliphatic heterocycles. The first-order valence-corrected chi connectivity index (χ1v) is 5.75. The maximum atomic E-state index is 8.86. The predicted molar refractivity (Wildman–Crippen MR) is 60.5 cm³/mol. The molecule has 6 heteroatoms. The van der Waals surface area contributed by atoms with E-state index in [4.69, 9.17) is 63.1 Å². The van der Waals surface area contributed by atoms with Gasteiger partial charge >= 0.3 is 0 Å². The van der Waals surface area contributed by atoms with Crippen molar-refractivity contribution in [3.63, 3.8) is 0 Å². The summed E-state index contributed by atoms with van der Waals surface area (Å²) in [6, 6.07) is 0. The van der Waals surface area contributed by atoms with Crippen molar-refractivity contribution in [1.29, 1.82) is 0 Å². The monoisotopic (exact) mass is 286 g/mol. The average Bonchev–Trinajstić information content (AvgIpc) is 2.04. The topological polar surface area (TPSA) is 20.2 Å². The molecular weight excluding hydrogens is 277 g/mol. The summed E-state index contributed by atoms with van der Waals surface area (Å²) in [4.78, 5) is 0. The summed E-state index contributed by atoms with van der Waals surface area (Å²) in [5.41, 5.74) is 0. The second-order valence-corrected chi connectivity index (χ2v) is 6.14. The number of hydrogen-bond acceptors (Lipinski definition) is 1. The van der Waals surface area contributed by atoms with Gasteiger partial charge in [0.25, 0.3) is 0 Å². The van der Waals surface area contributed by atoms with Crippen LogP contribution >= 0.6 is 58.0 Å². The van der Waals surface area contributed by atoms with Gasteiger partial charge in [-0.15, -0.1) is 11.6 Å². The summed E-state index contributed by atoms with van der Waals surface area (Å²) in [6.07, 6.45) is 1.39. The number of alkyl halides is 5. The minimum absolute atomic E-state index is 0.546. The molecular formula is C7H11Cl5O. The van der Waals surface area contributed by atoms with Crippen LogP contribution in [0.4, 0.5) is 0 Å². The Balaban J connectivity index is 4.53. The molecule has 13 heavy (non-hydrogen) atoms. The van der Waals surface area contributed by atoms with Crippen molar-refractivity contribution in [3.05, 3.63) is 0 Å². The second kappa shape index (κ2) is 5.48. The maximum Gasteiger partial charge on any atom is 0.175 e. The Labute approximate surface area is 103 Å². The van der Waals surface area contributed by atoms with Crippen LogP contribution in [-0.2, 0) is 0 Å². The van der Waals surface area contributed by atoms with Crippen molar-refractivity contribution in [2.45, 2.75) is 33.8 Å². The van der Waals surface area contributed by atoms with Gasteiger partial charge in [0.1, 0.15) is 0 Å². The van der Waals surface area contributed by atoms with Crippen LogP contribution in [0, 0.1) is 0 Å². The van der Waals surface area contributed by atoms with E-state index in [1.807, 2.05) is 6.92 Å². The van der Waals surface area contributed by atoms with Gasteiger partial charge in [-0.3, -0.25) is 0 Å². The van der Waals surface area contributed by atoms with Crippen molar-refractivity contribution >= 4 is 58.0 Å². The van der Waals surface area contributed by atoms with Crippen molar-refractivity contribution in [3.8, 4) is 0 Å². The summed E-state index contributed by atoms with van der Waals surface area (Å²) >= 11 is 29.0. The standard InChI is InChI=1S/C7H11Cl5O/c1-2-3-5(8)7(11,12)6(9,10)4-13/h5,13H,2-4H2,1H3. The highest BCUT2D eigenvalue weighted by Gasteiger charge is 2.51. The lowest BCUT2D eigenvalue weighted by molar-refractivity contribution is 0.267. The van der Waals surface area contributed by atoms with Crippen molar-refractivity contribution in [2.24, 2.45) is 0 Å². The molecule has 1 atom stereocenters. The largest absolute Gasteiger partial charge is 0.393 e. The summed E-state index contributed by atoms with van der Waals surface area (Å²) in [7, 11) is 0. The first-order chi connectivity index (χ1) is 5.79. The summed E-state index contributed by atoms with van der Waals surface area (Å²) in [6.45, 7) is 1.39. The Bertz CT molecular complexity index is 159. The molecule has 80 valence electrons. The zero-order chi connectivity index (χ0) is 10.7. The number of halogens is 5. The quantitative estimate of drug-likeness (QED) is 0.764. The molecule has 0 aliphatic rings. The highest BCUT2D eigenvalue weighted by molar-refractivity contribution is 6.64. The SMILES string of the molecule is CCCC(Cl)C(Cl)(Cl)C(Cl)(Cl)CO. The van der Waals surface area contributed by atoms with E-state index in [1.165, 1.54) is 0 Å². The molecule has 0 radical (unpaired) electrons. The van der Waals surface area contributed by atoms with E-state index in [0.29, 0.717) is 6.42 Å². The number of rotatable bonds is 5. The van der Waals surface area contributed by atoms with Gasteiger partial charge in [0.15, 0.2) is 8.67 Å². The number of aliphatic hydroxyl groups excluding tert-OH is 1. The van der Waals surface area contributed by atoms with Crippen LogP contribution in [0.1, 0.15) is 19.8 Å². The van der Waals surface area contributed by atoms with Crippen LogP contribution in [0.3, 0.4) is 0 Å². The molecule has 0 rings (SSSR count). The lowest BCUT2D eigenvalue weighted by atomic mass is 10.1. The molecule has 0 fully saturated rings. The Morgan fingerprint density at radius 1 is 1.23 bits per heavy atom. The highest BCUT2D eigenvalue weighted by atomic mass is 35.5. The van der Waals surface area contributed by atoms with Gasteiger partial charge < -0.3 is 5.11 Å². The Kier molecular flexibility index (Phi) is 6.08. The highest BCUT2D eigenvalue weighted by Crippen LogP contribution is 2.47. The van der Waals surface area contributed by atoms with Gasteiger partial charge in [0, 0.05) is 0 Å². The van der Waals surface area contributed by atoms with Crippen molar-refractivity contribution in [1.82, 2.24) is 0 Å². The molecule has 0 aromatic heterocycles. The van der Waals surface area contributed by atoms with E-state index in [-0.39, 0.29) is 0 Å². The van der Waals surface area contributed by atoms with E-state index in [9.17, 15) is 0 Å². The molecule has 0 aromatic rings. The number of hydrogen-bond donors (Lipinski definition) is 1. The summed E-state index contributed by atoms with van der Waals surface area (Å²) in [5, 5.41) is 8.26. The molecule has 0 saturated heterocycles. The maximum absolute atomic E-state index is 8.86. The van der Waals surface area contributed by atoms with Gasteiger partial charge in [-0.25, -0.2) is 0 Å². The molecule has 0 heterocycles. The summed E-state index contributed by atoms with van der Waals surface area (Å²) in [5.74, 6) is 0. The van der Waals surface area contributed by atoms with Gasteiger partial charge in [0.05, 0.1) is 12.0 Å². The third-order valence-corrected chi connectivity index (χ3v) is 4.78. The van der Waals surface area contributed by atoms with Gasteiger partial charge in [-0.2, -0.15) is 0 Å². The predicted octanol–water partition coefficient (Wildman–Crippen LogP) is 3.73. The van der Waals surface area contributed by atoms with Crippen LogP contribution < -0.4 is 0 Å². The van der Waals surface area contributed by atoms with Gasteiger partial charge in [-0.05, 0) is 6.42 Å². The zero-order valence-electron chi connectivity index (χ0n) is 7.04. The van der Waals surface area contributed by atoms with E-state index >= 15 is 0 Å². The second-order valence-electron chi connectivity index (χ2n) is 2.74. The lowest BCUT2D eigenvalue weighted by Crippen LogP contribution is -2.46. The molecule has 0 amide bonds. The minimum Gasteiger partial charge on any atom is -0.393 e. The van der Waals surface area contributed by atoms with Crippen LogP contribution in [0.5, 0.6) is 0 Å². The van der Waals surface area contributed by atoms with Crippen LogP contribution in [0.15, 0.2) is 0 Å².